The van der Waals surface area contributed by atoms with Crippen LogP contribution in [-0.4, -0.2) is 18.2 Å². The largest absolute Gasteiger partial charge is 0.389 e. The van der Waals surface area contributed by atoms with Gasteiger partial charge in [0.15, 0.2) is 0 Å². The summed E-state index contributed by atoms with van der Waals surface area (Å²) in [7, 11) is 0. The molecule has 0 aromatic heterocycles. The Balaban J connectivity index is 2.12. The molecule has 2 nitrogen and oxygen atoms in total. The summed E-state index contributed by atoms with van der Waals surface area (Å²) in [5, 5.41) is 10.3. The third kappa shape index (κ3) is 3.24. The van der Waals surface area contributed by atoms with Crippen LogP contribution in [-0.2, 0) is 0 Å². The third-order valence-corrected chi connectivity index (χ3v) is 4.92. The van der Waals surface area contributed by atoms with E-state index in [0.29, 0.717) is 5.41 Å². The maximum atomic E-state index is 9.58. The molecule has 0 unspecified atom stereocenters. The molecule has 1 saturated heterocycles. The molecule has 1 aromatic rings. The normalized spacial score (nSPS) is 20.4. The minimum atomic E-state index is -0.462. The summed E-state index contributed by atoms with van der Waals surface area (Å²) < 4.78 is 0. The van der Waals surface area contributed by atoms with E-state index in [-0.39, 0.29) is 0 Å². The standard InChI is InChI=1S/C16H24ClNO/c1-4-16(3)7-9-18(10-8-16)15-6-5-13(12(2)19)11-14(15)17/h5-6,11-12,19H,4,7-10H2,1-3H3/t12-/m1/s1. The molecule has 1 aromatic carbocycles. The van der Waals surface area contributed by atoms with Crippen LogP contribution in [0, 0.1) is 5.41 Å². The van der Waals surface area contributed by atoms with E-state index in [2.05, 4.69) is 18.7 Å². The highest BCUT2D eigenvalue weighted by molar-refractivity contribution is 6.33. The monoisotopic (exact) mass is 281 g/mol. The van der Waals surface area contributed by atoms with Crippen LogP contribution in [0.3, 0.4) is 0 Å². The molecular formula is C16H24ClNO. The lowest BCUT2D eigenvalue weighted by molar-refractivity contribution is 0.199. The lowest BCUT2D eigenvalue weighted by Crippen LogP contribution is -2.38. The molecule has 0 amide bonds. The number of nitrogens with zero attached hydrogens (tertiary/aromatic N) is 1. The summed E-state index contributed by atoms with van der Waals surface area (Å²) in [4.78, 5) is 2.37. The molecule has 0 aliphatic carbocycles. The van der Waals surface area contributed by atoms with Gasteiger partial charge in [0.1, 0.15) is 0 Å². The van der Waals surface area contributed by atoms with Gasteiger partial charge in [-0.3, -0.25) is 0 Å². The zero-order valence-corrected chi connectivity index (χ0v) is 12.9. The summed E-state index contributed by atoms with van der Waals surface area (Å²) in [6, 6.07) is 5.90. The van der Waals surface area contributed by atoms with Gasteiger partial charge >= 0.3 is 0 Å². The van der Waals surface area contributed by atoms with Crippen LogP contribution in [0.1, 0.15) is 51.7 Å². The van der Waals surface area contributed by atoms with Gasteiger partial charge in [0.2, 0.25) is 0 Å². The SMILES string of the molecule is CCC1(C)CCN(c2ccc([C@@H](C)O)cc2Cl)CC1. The summed E-state index contributed by atoms with van der Waals surface area (Å²) in [5.74, 6) is 0. The number of aliphatic hydroxyl groups excluding tert-OH is 1. The molecular weight excluding hydrogens is 258 g/mol. The number of rotatable bonds is 3. The van der Waals surface area contributed by atoms with Gasteiger partial charge in [0.25, 0.3) is 0 Å². The number of anilines is 1. The Morgan fingerprint density at radius 1 is 1.37 bits per heavy atom. The fourth-order valence-electron chi connectivity index (χ4n) is 2.68. The summed E-state index contributed by atoms with van der Waals surface area (Å²) >= 11 is 6.36. The smallest absolute Gasteiger partial charge is 0.0762 e. The summed E-state index contributed by atoms with van der Waals surface area (Å²) in [6.07, 6.45) is 3.22. The van der Waals surface area contributed by atoms with E-state index in [1.165, 1.54) is 19.3 Å². The highest BCUT2D eigenvalue weighted by Crippen LogP contribution is 2.38. The highest BCUT2D eigenvalue weighted by atomic mass is 35.5. The van der Waals surface area contributed by atoms with E-state index in [4.69, 9.17) is 11.6 Å². The van der Waals surface area contributed by atoms with Crippen LogP contribution in [0.15, 0.2) is 18.2 Å². The van der Waals surface area contributed by atoms with E-state index in [0.717, 1.165) is 29.4 Å². The molecule has 0 saturated carbocycles. The van der Waals surface area contributed by atoms with Crippen LogP contribution < -0.4 is 4.90 Å². The molecule has 3 heteroatoms. The number of hydrogen-bond acceptors (Lipinski definition) is 2. The molecule has 0 radical (unpaired) electrons. The lowest BCUT2D eigenvalue weighted by atomic mass is 9.78. The van der Waals surface area contributed by atoms with Crippen molar-refractivity contribution in [2.24, 2.45) is 5.41 Å². The van der Waals surface area contributed by atoms with Crippen molar-refractivity contribution in [1.29, 1.82) is 0 Å². The van der Waals surface area contributed by atoms with E-state index in [9.17, 15) is 5.11 Å². The van der Waals surface area contributed by atoms with E-state index >= 15 is 0 Å². The Morgan fingerprint density at radius 3 is 2.47 bits per heavy atom. The Bertz CT molecular complexity index is 436. The molecule has 2 rings (SSSR count). The first-order chi connectivity index (χ1) is 8.95. The number of piperidine rings is 1. The van der Waals surface area contributed by atoms with E-state index in [1.54, 1.807) is 6.92 Å². The van der Waals surface area contributed by atoms with Crippen molar-refractivity contribution in [2.75, 3.05) is 18.0 Å². The first-order valence-corrected chi connectivity index (χ1v) is 7.55. The molecule has 106 valence electrons. The Morgan fingerprint density at radius 2 is 2.00 bits per heavy atom. The Labute approximate surface area is 121 Å². The molecule has 1 fully saturated rings. The predicted octanol–water partition coefficient (Wildman–Crippen LogP) is 4.41. The van der Waals surface area contributed by atoms with Crippen LogP contribution in [0.2, 0.25) is 5.02 Å². The molecule has 1 heterocycles. The van der Waals surface area contributed by atoms with Crippen molar-refractivity contribution in [3.8, 4) is 0 Å². The number of halogens is 1. The first kappa shape index (κ1) is 14.7. The van der Waals surface area contributed by atoms with Gasteiger partial charge in [0, 0.05) is 13.1 Å². The molecule has 1 atom stereocenters. The predicted molar refractivity (Wildman–Crippen MR) is 81.9 cm³/mol. The average Bonchev–Trinajstić information content (AvgIpc) is 2.40. The van der Waals surface area contributed by atoms with Gasteiger partial charge in [0.05, 0.1) is 16.8 Å². The van der Waals surface area contributed by atoms with Gasteiger partial charge in [-0.2, -0.15) is 0 Å². The second-order valence-electron chi connectivity index (χ2n) is 6.04. The zero-order valence-electron chi connectivity index (χ0n) is 12.1. The minimum Gasteiger partial charge on any atom is -0.389 e. The van der Waals surface area contributed by atoms with E-state index < -0.39 is 6.10 Å². The van der Waals surface area contributed by atoms with Gasteiger partial charge in [-0.05, 0) is 42.9 Å². The molecule has 0 bridgehead atoms. The summed E-state index contributed by atoms with van der Waals surface area (Å²) in [6.45, 7) is 8.55. The summed E-state index contributed by atoms with van der Waals surface area (Å²) in [5.41, 5.74) is 2.47. The Hall–Kier alpha value is -0.730. The van der Waals surface area contributed by atoms with Crippen molar-refractivity contribution in [2.45, 2.75) is 46.1 Å². The van der Waals surface area contributed by atoms with Gasteiger partial charge in [-0.1, -0.05) is 37.9 Å². The van der Waals surface area contributed by atoms with Crippen LogP contribution >= 0.6 is 11.6 Å². The fourth-order valence-corrected chi connectivity index (χ4v) is 2.99. The maximum absolute atomic E-state index is 9.58. The molecule has 1 aliphatic heterocycles. The topological polar surface area (TPSA) is 23.5 Å². The van der Waals surface area contributed by atoms with Gasteiger partial charge < -0.3 is 10.0 Å². The lowest BCUT2D eigenvalue weighted by Gasteiger charge is -2.40. The van der Waals surface area contributed by atoms with Crippen molar-refractivity contribution < 1.29 is 5.11 Å². The molecule has 1 aliphatic rings. The van der Waals surface area contributed by atoms with Crippen molar-refractivity contribution in [3.63, 3.8) is 0 Å². The quantitative estimate of drug-likeness (QED) is 0.887. The average molecular weight is 282 g/mol. The number of hydrogen-bond donors (Lipinski definition) is 1. The van der Waals surface area contributed by atoms with Gasteiger partial charge in [-0.15, -0.1) is 0 Å². The number of benzene rings is 1. The third-order valence-electron chi connectivity index (χ3n) is 4.62. The minimum absolute atomic E-state index is 0.462. The van der Waals surface area contributed by atoms with E-state index in [1.807, 2.05) is 18.2 Å². The maximum Gasteiger partial charge on any atom is 0.0762 e. The molecule has 19 heavy (non-hydrogen) atoms. The van der Waals surface area contributed by atoms with Gasteiger partial charge in [-0.25, -0.2) is 0 Å². The molecule has 0 spiro atoms. The van der Waals surface area contributed by atoms with Crippen molar-refractivity contribution >= 4 is 17.3 Å². The van der Waals surface area contributed by atoms with Crippen LogP contribution in [0.5, 0.6) is 0 Å². The zero-order chi connectivity index (χ0) is 14.0. The highest BCUT2D eigenvalue weighted by Gasteiger charge is 2.28. The number of aliphatic hydroxyl groups is 1. The second-order valence-corrected chi connectivity index (χ2v) is 6.45. The van der Waals surface area contributed by atoms with Crippen LogP contribution in [0.4, 0.5) is 5.69 Å². The van der Waals surface area contributed by atoms with Crippen LogP contribution in [0.25, 0.3) is 0 Å². The Kier molecular flexibility index (Phi) is 4.42. The fraction of sp³-hybridized carbons (Fsp3) is 0.625. The molecule has 1 N–H and O–H groups in total. The second kappa shape index (κ2) is 5.72. The first-order valence-electron chi connectivity index (χ1n) is 7.18. The van der Waals surface area contributed by atoms with Crippen molar-refractivity contribution in [3.05, 3.63) is 28.8 Å². The van der Waals surface area contributed by atoms with Crippen molar-refractivity contribution in [1.82, 2.24) is 0 Å².